The number of carboxylic acids is 1. The van der Waals surface area contributed by atoms with Gasteiger partial charge < -0.3 is 15.7 Å². The molecule has 2 aromatic heterocycles. The minimum atomic E-state index is -0.934. The predicted molar refractivity (Wildman–Crippen MR) is 126 cm³/mol. The molecule has 1 aliphatic carbocycles. The van der Waals surface area contributed by atoms with Crippen molar-refractivity contribution in [3.8, 4) is 5.82 Å². The summed E-state index contributed by atoms with van der Waals surface area (Å²) in [6.45, 7) is 0.115. The summed E-state index contributed by atoms with van der Waals surface area (Å²) in [5.74, 6) is -0.449. The second-order valence-electron chi connectivity index (χ2n) is 8.39. The summed E-state index contributed by atoms with van der Waals surface area (Å²) in [6.07, 6.45) is 10.4. The van der Waals surface area contributed by atoms with Crippen molar-refractivity contribution in [3.63, 3.8) is 0 Å². The number of pyridine rings is 1. The van der Waals surface area contributed by atoms with Gasteiger partial charge in [0, 0.05) is 23.8 Å². The molecule has 0 unspecified atom stereocenters. The van der Waals surface area contributed by atoms with Gasteiger partial charge in [0.2, 0.25) is 0 Å². The number of aromatic nitrogens is 3. The first kappa shape index (κ1) is 22.8. The average molecular weight is 468 g/mol. The Hall–Kier alpha value is -3.39. The maximum absolute atomic E-state index is 12.2. The molecular weight excluding hydrogens is 442 g/mol. The second kappa shape index (κ2) is 10.0. The van der Waals surface area contributed by atoms with Crippen molar-refractivity contribution >= 4 is 29.2 Å². The predicted octanol–water partition coefficient (Wildman–Crippen LogP) is 4.09. The van der Waals surface area contributed by atoms with Crippen molar-refractivity contribution in [1.29, 1.82) is 0 Å². The van der Waals surface area contributed by atoms with Gasteiger partial charge in [0.15, 0.2) is 0 Å². The molecule has 172 valence electrons. The summed E-state index contributed by atoms with van der Waals surface area (Å²) in [5, 5.41) is 15.5. The van der Waals surface area contributed by atoms with Gasteiger partial charge in [-0.1, -0.05) is 36.6 Å². The van der Waals surface area contributed by atoms with E-state index in [1.807, 2.05) is 30.5 Å². The molecule has 2 heterocycles. The van der Waals surface area contributed by atoms with E-state index in [1.165, 1.54) is 0 Å². The summed E-state index contributed by atoms with van der Waals surface area (Å²) in [6, 6.07) is 11.5. The normalized spacial score (nSPS) is 14.7. The molecule has 3 N–H and O–H groups in total. The van der Waals surface area contributed by atoms with Gasteiger partial charge in [-0.15, -0.1) is 0 Å². The molecule has 33 heavy (non-hydrogen) atoms. The van der Waals surface area contributed by atoms with Crippen LogP contribution in [0.5, 0.6) is 0 Å². The molecule has 1 aliphatic rings. The lowest BCUT2D eigenvalue weighted by molar-refractivity contribution is -0.136. The zero-order valence-corrected chi connectivity index (χ0v) is 18.9. The highest BCUT2D eigenvalue weighted by molar-refractivity contribution is 6.29. The molecule has 3 aromatic rings. The van der Waals surface area contributed by atoms with E-state index in [-0.39, 0.29) is 24.4 Å². The van der Waals surface area contributed by atoms with Crippen LogP contribution in [0.25, 0.3) is 5.82 Å². The van der Waals surface area contributed by atoms with E-state index in [0.717, 1.165) is 49.2 Å². The van der Waals surface area contributed by atoms with Gasteiger partial charge >= 0.3 is 5.97 Å². The van der Waals surface area contributed by atoms with Crippen molar-refractivity contribution in [3.05, 3.63) is 71.4 Å². The number of anilines is 1. The molecule has 4 rings (SSSR count). The van der Waals surface area contributed by atoms with Gasteiger partial charge in [0.1, 0.15) is 17.3 Å². The van der Waals surface area contributed by atoms with Crippen LogP contribution in [-0.4, -0.2) is 43.6 Å². The minimum absolute atomic E-state index is 0.0627. The fraction of sp³-hybridized carbons (Fsp3) is 0.333. The van der Waals surface area contributed by atoms with Crippen molar-refractivity contribution in [2.45, 2.75) is 44.1 Å². The largest absolute Gasteiger partial charge is 0.481 e. The Morgan fingerprint density at radius 2 is 1.85 bits per heavy atom. The number of hydrogen-bond donors (Lipinski definition) is 3. The molecule has 0 bridgehead atoms. The molecule has 1 amide bonds. The fourth-order valence-electron chi connectivity index (χ4n) is 4.29. The van der Waals surface area contributed by atoms with Crippen LogP contribution in [-0.2, 0) is 11.2 Å². The third kappa shape index (κ3) is 5.90. The Morgan fingerprint density at radius 1 is 1.09 bits per heavy atom. The van der Waals surface area contributed by atoms with E-state index in [2.05, 4.69) is 20.6 Å². The molecule has 9 heteroatoms. The number of carbonyl (C=O) groups is 2. The highest BCUT2D eigenvalue weighted by Gasteiger charge is 2.34. The number of amides is 1. The molecule has 1 fully saturated rings. The van der Waals surface area contributed by atoms with Crippen LogP contribution in [0.3, 0.4) is 0 Å². The number of nitrogens with one attached hydrogen (secondary N) is 2. The summed E-state index contributed by atoms with van der Waals surface area (Å²) in [7, 11) is 0. The molecule has 0 spiro atoms. The molecule has 1 aromatic carbocycles. The van der Waals surface area contributed by atoms with Gasteiger partial charge in [0.25, 0.3) is 5.91 Å². The first-order valence-corrected chi connectivity index (χ1v) is 11.3. The van der Waals surface area contributed by atoms with Crippen molar-refractivity contribution in [2.24, 2.45) is 0 Å². The van der Waals surface area contributed by atoms with E-state index in [4.69, 9.17) is 16.7 Å². The van der Waals surface area contributed by atoms with Crippen LogP contribution in [0.4, 0.5) is 5.69 Å². The Balaban J connectivity index is 1.41. The molecule has 0 saturated heterocycles. The van der Waals surface area contributed by atoms with Crippen LogP contribution in [0.15, 0.2) is 55.1 Å². The third-order valence-electron chi connectivity index (χ3n) is 5.92. The van der Waals surface area contributed by atoms with Crippen molar-refractivity contribution in [2.75, 3.05) is 11.9 Å². The Morgan fingerprint density at radius 3 is 2.45 bits per heavy atom. The zero-order valence-electron chi connectivity index (χ0n) is 18.1. The van der Waals surface area contributed by atoms with Crippen LogP contribution in [0, 0.1) is 0 Å². The molecule has 0 radical (unpaired) electrons. The molecular formula is C24H26ClN5O3. The number of benzene rings is 1. The number of imidazole rings is 1. The van der Waals surface area contributed by atoms with Crippen LogP contribution in [0.2, 0.25) is 5.15 Å². The lowest BCUT2D eigenvalue weighted by atomic mass is 9.88. The number of carbonyl (C=O) groups excluding carboxylic acids is 1. The standard InChI is InChI=1S/C24H26ClN5O3/c25-20-15-30(16-28-20)21-8-7-19(14-27-21)29-24(10-1-2-11-24)13-17-3-5-18(6-4-17)23(33)26-12-9-22(31)32/h3-8,14-16,29H,1-2,9-13H2,(H,26,33)(H,31,32). The Kier molecular flexibility index (Phi) is 6.93. The molecule has 1 saturated carbocycles. The number of hydrogen-bond acceptors (Lipinski definition) is 5. The van der Waals surface area contributed by atoms with Crippen molar-refractivity contribution < 1.29 is 14.7 Å². The maximum Gasteiger partial charge on any atom is 0.305 e. The molecule has 8 nitrogen and oxygen atoms in total. The maximum atomic E-state index is 12.2. The summed E-state index contributed by atoms with van der Waals surface area (Å²) < 4.78 is 1.77. The highest BCUT2D eigenvalue weighted by atomic mass is 35.5. The summed E-state index contributed by atoms with van der Waals surface area (Å²) in [4.78, 5) is 31.3. The van der Waals surface area contributed by atoms with Crippen LogP contribution in [0.1, 0.15) is 48.0 Å². The van der Waals surface area contributed by atoms with E-state index < -0.39 is 5.97 Å². The summed E-state index contributed by atoms with van der Waals surface area (Å²) >= 11 is 5.90. The zero-order chi connectivity index (χ0) is 23.3. The SMILES string of the molecule is O=C(O)CCNC(=O)c1ccc(CC2(Nc3ccc(-n4cnc(Cl)c4)nc3)CCCC2)cc1. The smallest absolute Gasteiger partial charge is 0.305 e. The highest BCUT2D eigenvalue weighted by Crippen LogP contribution is 2.36. The number of halogens is 1. The van der Waals surface area contributed by atoms with Gasteiger partial charge in [0.05, 0.1) is 18.3 Å². The fourth-order valence-corrected chi connectivity index (χ4v) is 4.44. The monoisotopic (exact) mass is 467 g/mol. The van der Waals surface area contributed by atoms with E-state index in [1.54, 1.807) is 29.2 Å². The van der Waals surface area contributed by atoms with E-state index in [0.29, 0.717) is 10.7 Å². The second-order valence-corrected chi connectivity index (χ2v) is 8.78. The number of rotatable bonds is 9. The van der Waals surface area contributed by atoms with Gasteiger partial charge in [-0.05, 0) is 49.1 Å². The number of nitrogens with zero attached hydrogens (tertiary/aromatic N) is 3. The summed E-state index contributed by atoms with van der Waals surface area (Å²) in [5.41, 5.74) is 2.56. The molecule has 0 aliphatic heterocycles. The van der Waals surface area contributed by atoms with Crippen LogP contribution < -0.4 is 10.6 Å². The third-order valence-corrected chi connectivity index (χ3v) is 6.11. The quantitative estimate of drug-likeness (QED) is 0.437. The van der Waals surface area contributed by atoms with Gasteiger partial charge in [-0.2, -0.15) is 0 Å². The minimum Gasteiger partial charge on any atom is -0.481 e. The topological polar surface area (TPSA) is 109 Å². The lowest BCUT2D eigenvalue weighted by Gasteiger charge is -2.32. The molecule has 0 atom stereocenters. The average Bonchev–Trinajstić information content (AvgIpc) is 3.44. The number of aliphatic carboxylic acids is 1. The Labute approximate surface area is 197 Å². The first-order chi connectivity index (χ1) is 15.9. The van der Waals surface area contributed by atoms with E-state index >= 15 is 0 Å². The van der Waals surface area contributed by atoms with Gasteiger partial charge in [-0.3, -0.25) is 14.2 Å². The lowest BCUT2D eigenvalue weighted by Crippen LogP contribution is -2.37. The van der Waals surface area contributed by atoms with Gasteiger partial charge in [-0.25, -0.2) is 9.97 Å². The van der Waals surface area contributed by atoms with Crippen molar-refractivity contribution in [1.82, 2.24) is 19.9 Å². The van der Waals surface area contributed by atoms with Crippen LogP contribution >= 0.6 is 11.6 Å². The number of carboxylic acid groups (broad SMARTS) is 1. The first-order valence-electron chi connectivity index (χ1n) is 11.0. The Bertz CT molecular complexity index is 1110. The van der Waals surface area contributed by atoms with E-state index in [9.17, 15) is 9.59 Å².